The van der Waals surface area contributed by atoms with E-state index in [1.807, 2.05) is 6.07 Å². The summed E-state index contributed by atoms with van der Waals surface area (Å²) < 4.78 is 10.2. The summed E-state index contributed by atoms with van der Waals surface area (Å²) in [5, 5.41) is 0. The molecule has 0 unspecified atom stereocenters. The van der Waals surface area contributed by atoms with Gasteiger partial charge in [-0.1, -0.05) is 13.8 Å². The number of hydrogen-bond acceptors (Lipinski definition) is 4. The third kappa shape index (κ3) is 4.77. The highest BCUT2D eigenvalue weighted by Crippen LogP contribution is 2.12. The van der Waals surface area contributed by atoms with Crippen molar-refractivity contribution in [2.24, 2.45) is 5.92 Å². The normalized spacial score (nSPS) is 10.2. The van der Waals surface area contributed by atoms with Gasteiger partial charge >= 0.3 is 0 Å². The molecule has 0 radical (unpaired) electrons. The Morgan fingerprint density at radius 1 is 1.44 bits per heavy atom. The van der Waals surface area contributed by atoms with E-state index in [4.69, 9.17) is 4.74 Å². The van der Waals surface area contributed by atoms with Crippen LogP contribution in [0.2, 0.25) is 0 Å². The van der Waals surface area contributed by atoms with E-state index >= 15 is 0 Å². The zero-order valence-corrected chi connectivity index (χ0v) is 9.68. The first kappa shape index (κ1) is 12.5. The third-order valence-corrected chi connectivity index (χ3v) is 2.05. The molecule has 1 aromatic heterocycles. The molecule has 0 aliphatic rings. The zero-order valence-electron chi connectivity index (χ0n) is 9.68. The number of rotatable bonds is 7. The summed E-state index contributed by atoms with van der Waals surface area (Å²) in [5.41, 5.74) is 0.828. The van der Waals surface area contributed by atoms with Crippen LogP contribution in [0.3, 0.4) is 0 Å². The first-order valence-corrected chi connectivity index (χ1v) is 5.34. The fourth-order valence-corrected chi connectivity index (χ4v) is 1.16. The van der Waals surface area contributed by atoms with Crippen molar-refractivity contribution in [1.29, 1.82) is 0 Å². The van der Waals surface area contributed by atoms with Crippen LogP contribution in [-0.2, 0) is 16.1 Å². The van der Waals surface area contributed by atoms with Crippen molar-refractivity contribution in [3.8, 4) is 5.75 Å². The van der Waals surface area contributed by atoms with E-state index in [2.05, 4.69) is 23.6 Å². The van der Waals surface area contributed by atoms with Crippen LogP contribution in [0, 0.1) is 5.92 Å². The number of carbonyl (C=O) groups excluding carboxylic acids is 1. The predicted molar refractivity (Wildman–Crippen MR) is 60.0 cm³/mol. The molecule has 0 spiro atoms. The minimum absolute atomic E-state index is 0.234. The highest BCUT2D eigenvalue weighted by Gasteiger charge is 1.99. The van der Waals surface area contributed by atoms with E-state index in [1.165, 1.54) is 0 Å². The van der Waals surface area contributed by atoms with Crippen LogP contribution in [0.1, 0.15) is 25.8 Å². The van der Waals surface area contributed by atoms with E-state index in [-0.39, 0.29) is 6.61 Å². The third-order valence-electron chi connectivity index (χ3n) is 2.05. The van der Waals surface area contributed by atoms with E-state index in [0.717, 1.165) is 12.0 Å². The molecule has 0 aliphatic heterocycles. The highest BCUT2D eigenvalue weighted by atomic mass is 16.5. The lowest BCUT2D eigenvalue weighted by Gasteiger charge is -2.08. The zero-order chi connectivity index (χ0) is 11.8. The Labute approximate surface area is 95.6 Å². The van der Waals surface area contributed by atoms with Gasteiger partial charge < -0.3 is 9.47 Å². The molecule has 0 N–H and O–H groups in total. The van der Waals surface area contributed by atoms with Crippen LogP contribution in [-0.4, -0.2) is 18.1 Å². The maximum absolute atomic E-state index is 10.0. The molecule has 0 amide bonds. The van der Waals surface area contributed by atoms with Gasteiger partial charge in [0, 0.05) is 11.8 Å². The van der Waals surface area contributed by atoms with Crippen molar-refractivity contribution < 1.29 is 14.3 Å². The summed E-state index contributed by atoms with van der Waals surface area (Å²) in [6, 6.07) is 1.83. The van der Waals surface area contributed by atoms with Gasteiger partial charge in [0.1, 0.15) is 12.4 Å². The Kier molecular flexibility index (Phi) is 5.32. The van der Waals surface area contributed by atoms with Gasteiger partial charge in [-0.25, -0.2) is 0 Å². The van der Waals surface area contributed by atoms with E-state index in [1.54, 1.807) is 12.4 Å². The lowest BCUT2D eigenvalue weighted by molar-refractivity contribution is -0.129. The van der Waals surface area contributed by atoms with Crippen molar-refractivity contribution in [1.82, 2.24) is 4.98 Å². The topological polar surface area (TPSA) is 48.4 Å². The smallest absolute Gasteiger partial charge is 0.293 e. The SMILES string of the molecule is CC(C)CCOc1cncc(COC=O)c1. The fraction of sp³-hybridized carbons (Fsp3) is 0.500. The molecule has 0 atom stereocenters. The average Bonchev–Trinajstić information content (AvgIpc) is 2.26. The maximum atomic E-state index is 10.0. The molecular weight excluding hydrogens is 206 g/mol. The van der Waals surface area contributed by atoms with Gasteiger partial charge in [-0.3, -0.25) is 9.78 Å². The monoisotopic (exact) mass is 223 g/mol. The lowest BCUT2D eigenvalue weighted by atomic mass is 10.1. The van der Waals surface area contributed by atoms with Gasteiger partial charge in [0.05, 0.1) is 12.8 Å². The van der Waals surface area contributed by atoms with Crippen molar-refractivity contribution >= 4 is 6.47 Å². The molecular formula is C12H17NO3. The number of pyridine rings is 1. The van der Waals surface area contributed by atoms with E-state index in [0.29, 0.717) is 24.7 Å². The standard InChI is InChI=1S/C12H17NO3/c1-10(2)3-4-16-12-5-11(6-13-7-12)8-15-9-14/h5-7,9-10H,3-4,8H2,1-2H3. The summed E-state index contributed by atoms with van der Waals surface area (Å²) in [6.45, 7) is 5.63. The van der Waals surface area contributed by atoms with Crippen LogP contribution < -0.4 is 4.74 Å². The molecule has 0 aliphatic carbocycles. The van der Waals surface area contributed by atoms with Gasteiger partial charge in [-0.15, -0.1) is 0 Å². The molecule has 88 valence electrons. The molecule has 1 heterocycles. The Bertz CT molecular complexity index is 326. The molecule has 1 rings (SSSR count). The van der Waals surface area contributed by atoms with Crippen molar-refractivity contribution in [3.63, 3.8) is 0 Å². The number of carbonyl (C=O) groups is 1. The Hall–Kier alpha value is -1.58. The van der Waals surface area contributed by atoms with Crippen LogP contribution >= 0.6 is 0 Å². The first-order chi connectivity index (χ1) is 7.72. The quantitative estimate of drug-likeness (QED) is 0.665. The lowest BCUT2D eigenvalue weighted by Crippen LogP contribution is -2.02. The van der Waals surface area contributed by atoms with Gasteiger partial charge in [0.2, 0.25) is 0 Å². The van der Waals surface area contributed by atoms with E-state index < -0.39 is 0 Å². The van der Waals surface area contributed by atoms with Gasteiger partial charge in [0.25, 0.3) is 6.47 Å². The minimum Gasteiger partial charge on any atom is -0.492 e. The Morgan fingerprint density at radius 3 is 2.94 bits per heavy atom. The number of aromatic nitrogens is 1. The van der Waals surface area contributed by atoms with Crippen molar-refractivity contribution in [3.05, 3.63) is 24.0 Å². The van der Waals surface area contributed by atoms with Gasteiger partial charge in [0.15, 0.2) is 0 Å². The molecule has 0 bridgehead atoms. The number of ether oxygens (including phenoxy) is 2. The molecule has 0 aromatic carbocycles. The van der Waals surface area contributed by atoms with Crippen LogP contribution in [0.5, 0.6) is 5.75 Å². The van der Waals surface area contributed by atoms with Crippen LogP contribution in [0.15, 0.2) is 18.5 Å². The Balaban J connectivity index is 2.43. The van der Waals surface area contributed by atoms with Gasteiger partial charge in [-0.2, -0.15) is 0 Å². The highest BCUT2D eigenvalue weighted by molar-refractivity contribution is 5.37. The Morgan fingerprint density at radius 2 is 2.25 bits per heavy atom. The average molecular weight is 223 g/mol. The van der Waals surface area contributed by atoms with Crippen LogP contribution in [0.25, 0.3) is 0 Å². The molecule has 16 heavy (non-hydrogen) atoms. The largest absolute Gasteiger partial charge is 0.492 e. The molecule has 0 saturated heterocycles. The number of nitrogens with zero attached hydrogens (tertiary/aromatic N) is 1. The maximum Gasteiger partial charge on any atom is 0.293 e. The van der Waals surface area contributed by atoms with Crippen LogP contribution in [0.4, 0.5) is 0 Å². The molecule has 0 saturated carbocycles. The summed E-state index contributed by atoms with van der Waals surface area (Å²) >= 11 is 0. The molecule has 4 heteroatoms. The summed E-state index contributed by atoms with van der Waals surface area (Å²) in [5.74, 6) is 1.34. The van der Waals surface area contributed by atoms with Crippen molar-refractivity contribution in [2.45, 2.75) is 26.9 Å². The summed E-state index contributed by atoms with van der Waals surface area (Å²) in [6.07, 6.45) is 4.32. The second kappa shape index (κ2) is 6.82. The predicted octanol–water partition coefficient (Wildman–Crippen LogP) is 2.18. The first-order valence-electron chi connectivity index (χ1n) is 5.34. The molecule has 4 nitrogen and oxygen atoms in total. The van der Waals surface area contributed by atoms with Gasteiger partial charge in [-0.05, 0) is 18.4 Å². The number of hydrogen-bond donors (Lipinski definition) is 0. The summed E-state index contributed by atoms with van der Waals surface area (Å²) in [7, 11) is 0. The minimum atomic E-state index is 0.234. The van der Waals surface area contributed by atoms with E-state index in [9.17, 15) is 4.79 Å². The van der Waals surface area contributed by atoms with Crippen molar-refractivity contribution in [2.75, 3.05) is 6.61 Å². The summed E-state index contributed by atoms with van der Waals surface area (Å²) in [4.78, 5) is 14.1. The second-order valence-electron chi connectivity index (χ2n) is 3.97. The fourth-order valence-electron chi connectivity index (χ4n) is 1.16. The molecule has 1 aromatic rings. The second-order valence-corrected chi connectivity index (χ2v) is 3.97. The molecule has 0 fully saturated rings.